The highest BCUT2D eigenvalue weighted by atomic mass is 16.4. The summed E-state index contributed by atoms with van der Waals surface area (Å²) in [5.74, 6) is -1.19. The van der Waals surface area contributed by atoms with Crippen LogP contribution in [0.2, 0.25) is 0 Å². The van der Waals surface area contributed by atoms with Gasteiger partial charge in [0.2, 0.25) is 0 Å². The first kappa shape index (κ1) is 13.7. The van der Waals surface area contributed by atoms with Crippen molar-refractivity contribution in [1.82, 2.24) is 20.3 Å². The maximum Gasteiger partial charge on any atom is 0.325 e. The van der Waals surface area contributed by atoms with E-state index in [0.717, 1.165) is 5.56 Å². The van der Waals surface area contributed by atoms with Crippen molar-refractivity contribution in [3.63, 3.8) is 0 Å². The van der Waals surface area contributed by atoms with Crippen molar-refractivity contribution in [2.45, 2.75) is 20.0 Å². The van der Waals surface area contributed by atoms with Gasteiger partial charge in [-0.25, -0.2) is 4.68 Å². The van der Waals surface area contributed by atoms with Gasteiger partial charge in [-0.3, -0.25) is 9.59 Å². The summed E-state index contributed by atoms with van der Waals surface area (Å²) >= 11 is 0. The summed E-state index contributed by atoms with van der Waals surface area (Å²) in [6.45, 7) is 1.81. The van der Waals surface area contributed by atoms with Gasteiger partial charge in [-0.05, 0) is 18.6 Å². The number of nitrogens with one attached hydrogen (secondary N) is 1. The summed E-state index contributed by atoms with van der Waals surface area (Å²) in [7, 11) is 0. The standard InChI is InChI=1S/C13H14N4O3/c1-9-4-2-3-5-11(9)13(20)14-6-10-7-17(16-15-10)8-12(18)19/h2-5,7H,6,8H2,1H3,(H,14,20)(H,18,19). The summed E-state index contributed by atoms with van der Waals surface area (Å²) in [4.78, 5) is 22.5. The molecule has 2 rings (SSSR count). The van der Waals surface area contributed by atoms with Gasteiger partial charge in [0.25, 0.3) is 5.91 Å². The zero-order valence-corrected chi connectivity index (χ0v) is 10.9. The molecule has 0 aliphatic carbocycles. The van der Waals surface area contributed by atoms with E-state index < -0.39 is 5.97 Å². The lowest BCUT2D eigenvalue weighted by molar-refractivity contribution is -0.137. The number of amides is 1. The molecule has 7 heteroatoms. The summed E-state index contributed by atoms with van der Waals surface area (Å²) in [6.07, 6.45) is 1.49. The topological polar surface area (TPSA) is 97.1 Å². The van der Waals surface area contributed by atoms with Crippen LogP contribution in [0, 0.1) is 6.92 Å². The first-order valence-corrected chi connectivity index (χ1v) is 6.01. The number of carbonyl (C=O) groups is 2. The van der Waals surface area contributed by atoms with Crippen LogP contribution in [-0.2, 0) is 17.9 Å². The number of carbonyl (C=O) groups excluding carboxylic acids is 1. The number of hydrogen-bond donors (Lipinski definition) is 2. The molecule has 104 valence electrons. The molecular weight excluding hydrogens is 260 g/mol. The SMILES string of the molecule is Cc1ccccc1C(=O)NCc1cn(CC(=O)O)nn1. The molecule has 1 aromatic carbocycles. The van der Waals surface area contributed by atoms with Gasteiger partial charge in [-0.2, -0.15) is 0 Å². The molecule has 0 fully saturated rings. The van der Waals surface area contributed by atoms with Gasteiger partial charge in [0.1, 0.15) is 12.2 Å². The molecule has 2 N–H and O–H groups in total. The van der Waals surface area contributed by atoms with E-state index >= 15 is 0 Å². The number of carboxylic acid groups (broad SMARTS) is 1. The van der Waals surface area contributed by atoms with Crippen LogP contribution in [0.15, 0.2) is 30.5 Å². The second-order valence-electron chi connectivity index (χ2n) is 4.30. The van der Waals surface area contributed by atoms with Crippen LogP contribution < -0.4 is 5.32 Å². The van der Waals surface area contributed by atoms with Gasteiger partial charge in [0.05, 0.1) is 12.7 Å². The van der Waals surface area contributed by atoms with Gasteiger partial charge in [-0.1, -0.05) is 23.4 Å². The van der Waals surface area contributed by atoms with Crippen molar-refractivity contribution in [3.05, 3.63) is 47.3 Å². The molecule has 0 atom stereocenters. The second kappa shape index (κ2) is 5.96. The molecular formula is C13H14N4O3. The number of benzene rings is 1. The zero-order valence-electron chi connectivity index (χ0n) is 10.9. The molecule has 0 radical (unpaired) electrons. The number of aliphatic carboxylic acids is 1. The van der Waals surface area contributed by atoms with E-state index in [-0.39, 0.29) is 19.0 Å². The fourth-order valence-electron chi connectivity index (χ4n) is 1.73. The minimum Gasteiger partial charge on any atom is -0.480 e. The lowest BCUT2D eigenvalue weighted by atomic mass is 10.1. The number of aromatic nitrogens is 3. The lowest BCUT2D eigenvalue weighted by Crippen LogP contribution is -2.23. The van der Waals surface area contributed by atoms with Crippen molar-refractivity contribution in [2.24, 2.45) is 0 Å². The maximum absolute atomic E-state index is 12.0. The van der Waals surface area contributed by atoms with E-state index in [2.05, 4.69) is 15.6 Å². The third-order valence-electron chi connectivity index (χ3n) is 2.70. The summed E-state index contributed by atoms with van der Waals surface area (Å²) in [6, 6.07) is 7.26. The predicted molar refractivity (Wildman–Crippen MR) is 70.0 cm³/mol. The van der Waals surface area contributed by atoms with E-state index in [1.54, 1.807) is 12.1 Å². The molecule has 0 aliphatic rings. The summed E-state index contributed by atoms with van der Waals surface area (Å²) in [5, 5.41) is 18.8. The van der Waals surface area contributed by atoms with Gasteiger partial charge in [0.15, 0.2) is 0 Å². The molecule has 20 heavy (non-hydrogen) atoms. The Morgan fingerprint density at radius 1 is 1.35 bits per heavy atom. The quantitative estimate of drug-likeness (QED) is 0.832. The van der Waals surface area contributed by atoms with Crippen molar-refractivity contribution in [3.8, 4) is 0 Å². The lowest BCUT2D eigenvalue weighted by Gasteiger charge is -2.05. The zero-order chi connectivity index (χ0) is 14.5. The highest BCUT2D eigenvalue weighted by Crippen LogP contribution is 2.06. The van der Waals surface area contributed by atoms with E-state index in [0.29, 0.717) is 11.3 Å². The van der Waals surface area contributed by atoms with Crippen LogP contribution in [0.5, 0.6) is 0 Å². The maximum atomic E-state index is 12.0. The van der Waals surface area contributed by atoms with Crippen LogP contribution in [0.1, 0.15) is 21.6 Å². The van der Waals surface area contributed by atoms with Gasteiger partial charge in [-0.15, -0.1) is 5.10 Å². The molecule has 0 saturated carbocycles. The number of carboxylic acids is 1. The van der Waals surface area contributed by atoms with Crippen LogP contribution in [-0.4, -0.2) is 32.0 Å². The average Bonchev–Trinajstić information content (AvgIpc) is 2.83. The third kappa shape index (κ3) is 3.41. The van der Waals surface area contributed by atoms with Crippen LogP contribution in [0.4, 0.5) is 0 Å². The van der Waals surface area contributed by atoms with Crippen molar-refractivity contribution in [1.29, 1.82) is 0 Å². The normalized spacial score (nSPS) is 10.2. The van der Waals surface area contributed by atoms with Crippen molar-refractivity contribution < 1.29 is 14.7 Å². The minimum atomic E-state index is -0.995. The van der Waals surface area contributed by atoms with E-state index in [4.69, 9.17) is 5.11 Å². The molecule has 7 nitrogen and oxygen atoms in total. The molecule has 2 aromatic rings. The molecule has 0 saturated heterocycles. The average molecular weight is 274 g/mol. The molecule has 0 unspecified atom stereocenters. The molecule has 0 aliphatic heterocycles. The Balaban J connectivity index is 1.95. The van der Waals surface area contributed by atoms with Gasteiger partial charge >= 0.3 is 5.97 Å². The molecule has 1 heterocycles. The second-order valence-corrected chi connectivity index (χ2v) is 4.30. The van der Waals surface area contributed by atoms with Crippen LogP contribution in [0.25, 0.3) is 0 Å². The number of rotatable bonds is 5. The first-order valence-electron chi connectivity index (χ1n) is 6.01. The number of aryl methyl sites for hydroxylation is 1. The summed E-state index contributed by atoms with van der Waals surface area (Å²) in [5.41, 5.74) is 2.00. The Labute approximate surface area is 115 Å². The Bertz CT molecular complexity index is 636. The number of hydrogen-bond acceptors (Lipinski definition) is 4. The van der Waals surface area contributed by atoms with E-state index in [1.165, 1.54) is 10.9 Å². The van der Waals surface area contributed by atoms with Gasteiger partial charge in [0, 0.05) is 5.56 Å². The molecule has 1 aromatic heterocycles. The molecule has 0 spiro atoms. The smallest absolute Gasteiger partial charge is 0.325 e. The summed E-state index contributed by atoms with van der Waals surface area (Å²) < 4.78 is 1.21. The molecule has 0 bridgehead atoms. The van der Waals surface area contributed by atoms with E-state index in [1.807, 2.05) is 19.1 Å². The van der Waals surface area contributed by atoms with Crippen LogP contribution >= 0.6 is 0 Å². The fourth-order valence-corrected chi connectivity index (χ4v) is 1.73. The van der Waals surface area contributed by atoms with Crippen molar-refractivity contribution in [2.75, 3.05) is 0 Å². The largest absolute Gasteiger partial charge is 0.480 e. The van der Waals surface area contributed by atoms with Crippen LogP contribution in [0.3, 0.4) is 0 Å². The fraction of sp³-hybridized carbons (Fsp3) is 0.231. The third-order valence-corrected chi connectivity index (χ3v) is 2.70. The molecule has 1 amide bonds. The van der Waals surface area contributed by atoms with Crippen molar-refractivity contribution >= 4 is 11.9 Å². The Morgan fingerprint density at radius 2 is 2.10 bits per heavy atom. The first-order chi connectivity index (χ1) is 9.56. The monoisotopic (exact) mass is 274 g/mol. The highest BCUT2D eigenvalue weighted by Gasteiger charge is 2.09. The van der Waals surface area contributed by atoms with Gasteiger partial charge < -0.3 is 10.4 Å². The Hall–Kier alpha value is -2.70. The van der Waals surface area contributed by atoms with E-state index in [9.17, 15) is 9.59 Å². The highest BCUT2D eigenvalue weighted by molar-refractivity contribution is 5.95. The minimum absolute atomic E-state index is 0.198. The predicted octanol–water partition coefficient (Wildman–Crippen LogP) is 0.601. The Kier molecular flexibility index (Phi) is 4.09. The Morgan fingerprint density at radius 3 is 2.80 bits per heavy atom. The number of nitrogens with zero attached hydrogens (tertiary/aromatic N) is 3.